The first-order chi connectivity index (χ1) is 13.5. The molecule has 0 radical (unpaired) electrons. The average Bonchev–Trinajstić information content (AvgIpc) is 2.73. The summed E-state index contributed by atoms with van der Waals surface area (Å²) in [6.07, 6.45) is 1.10. The van der Waals surface area contributed by atoms with Gasteiger partial charge in [0, 0.05) is 31.0 Å². The van der Waals surface area contributed by atoms with Crippen LogP contribution in [-0.2, 0) is 5.41 Å². The van der Waals surface area contributed by atoms with Crippen molar-refractivity contribution < 1.29 is 15.3 Å². The van der Waals surface area contributed by atoms with E-state index in [0.29, 0.717) is 19.6 Å². The number of hydrogen-bond acceptors (Lipinski definition) is 5. The zero-order valence-electron chi connectivity index (χ0n) is 17.4. The second-order valence-corrected chi connectivity index (χ2v) is 7.23. The highest BCUT2D eigenvalue weighted by Gasteiger charge is 2.17. The molecule has 0 aromatic heterocycles. The number of anilines is 2. The molecule has 156 valence electrons. The van der Waals surface area contributed by atoms with Crippen LogP contribution >= 0.6 is 0 Å². The quantitative estimate of drug-likeness (QED) is 0.503. The van der Waals surface area contributed by atoms with Crippen molar-refractivity contribution in [3.8, 4) is 0 Å². The van der Waals surface area contributed by atoms with Crippen LogP contribution in [0.4, 0.5) is 11.4 Å². The Morgan fingerprint density at radius 2 is 1.39 bits per heavy atom. The predicted octanol–water partition coefficient (Wildman–Crippen LogP) is 3.26. The van der Waals surface area contributed by atoms with E-state index in [1.165, 1.54) is 5.56 Å². The average molecular weight is 389 g/mol. The monoisotopic (exact) mass is 388 g/mol. The fourth-order valence-corrected chi connectivity index (χ4v) is 2.70. The van der Waals surface area contributed by atoms with Crippen molar-refractivity contribution in [3.63, 3.8) is 0 Å². The number of hydrogen-bond donors (Lipinski definition) is 4. The van der Waals surface area contributed by atoms with Gasteiger partial charge in [0.05, 0.1) is 19.8 Å². The Balaban J connectivity index is 0.000000330. The Labute approximate surface area is 169 Å². The second kappa shape index (κ2) is 13.2. The molecule has 0 aliphatic carbocycles. The first-order valence-electron chi connectivity index (χ1n) is 9.95. The largest absolute Gasteiger partial charge is 0.395 e. The molecule has 2 aromatic rings. The number of nitrogens with one attached hydrogen (secondary N) is 1. The lowest BCUT2D eigenvalue weighted by atomic mass is 9.82. The van der Waals surface area contributed by atoms with Crippen LogP contribution in [0.5, 0.6) is 0 Å². The molecular weight excluding hydrogens is 352 g/mol. The fourth-order valence-electron chi connectivity index (χ4n) is 2.70. The highest BCUT2D eigenvalue weighted by atomic mass is 16.3. The maximum absolute atomic E-state index is 9.02. The van der Waals surface area contributed by atoms with Crippen LogP contribution in [0.2, 0.25) is 0 Å². The lowest BCUT2D eigenvalue weighted by Crippen LogP contribution is -2.29. The molecule has 0 aliphatic rings. The van der Waals surface area contributed by atoms with Crippen LogP contribution in [0, 0.1) is 0 Å². The molecule has 0 aliphatic heterocycles. The number of aliphatic hydroxyl groups excluding tert-OH is 3. The van der Waals surface area contributed by atoms with E-state index >= 15 is 0 Å². The van der Waals surface area contributed by atoms with Crippen molar-refractivity contribution in [1.29, 1.82) is 0 Å². The molecule has 2 rings (SSSR count). The number of rotatable bonds is 10. The van der Waals surface area contributed by atoms with E-state index in [1.807, 2.05) is 35.2 Å². The molecule has 2 aromatic carbocycles. The van der Waals surface area contributed by atoms with Gasteiger partial charge in [-0.05, 0) is 41.7 Å². The van der Waals surface area contributed by atoms with Gasteiger partial charge in [-0.25, -0.2) is 0 Å². The van der Waals surface area contributed by atoms with E-state index < -0.39 is 0 Å². The SMILES string of the molecule is CCC(C)(C)c1ccc(N(CCO)CCO)cc1.OCCNc1ccccc1. The normalized spacial score (nSPS) is 10.8. The van der Waals surface area contributed by atoms with Gasteiger partial charge < -0.3 is 25.5 Å². The second-order valence-electron chi connectivity index (χ2n) is 7.23. The van der Waals surface area contributed by atoms with Crippen LogP contribution < -0.4 is 10.2 Å². The molecule has 28 heavy (non-hydrogen) atoms. The summed E-state index contributed by atoms with van der Waals surface area (Å²) in [5, 5.41) is 29.6. The van der Waals surface area contributed by atoms with E-state index in [2.05, 4.69) is 50.4 Å². The van der Waals surface area contributed by atoms with Crippen LogP contribution in [0.3, 0.4) is 0 Å². The summed E-state index contributed by atoms with van der Waals surface area (Å²) in [7, 11) is 0. The van der Waals surface area contributed by atoms with E-state index in [0.717, 1.165) is 17.8 Å². The molecule has 0 bridgehead atoms. The van der Waals surface area contributed by atoms with Crippen molar-refractivity contribution in [1.82, 2.24) is 0 Å². The van der Waals surface area contributed by atoms with Crippen LogP contribution in [0.1, 0.15) is 32.8 Å². The van der Waals surface area contributed by atoms with Gasteiger partial charge >= 0.3 is 0 Å². The van der Waals surface area contributed by atoms with E-state index in [1.54, 1.807) is 0 Å². The minimum atomic E-state index is 0.0994. The summed E-state index contributed by atoms with van der Waals surface area (Å²) in [6.45, 7) is 8.76. The molecule has 0 unspecified atom stereocenters. The van der Waals surface area contributed by atoms with Crippen molar-refractivity contribution in [2.75, 3.05) is 49.7 Å². The van der Waals surface area contributed by atoms with Crippen LogP contribution in [0.25, 0.3) is 0 Å². The third-order valence-corrected chi connectivity index (χ3v) is 4.85. The predicted molar refractivity (Wildman–Crippen MR) is 118 cm³/mol. The Morgan fingerprint density at radius 1 is 0.821 bits per heavy atom. The highest BCUT2D eigenvalue weighted by molar-refractivity contribution is 5.48. The summed E-state index contributed by atoms with van der Waals surface area (Å²) < 4.78 is 0. The fraction of sp³-hybridized carbons (Fsp3) is 0.478. The first-order valence-corrected chi connectivity index (χ1v) is 9.95. The molecule has 5 nitrogen and oxygen atoms in total. The third-order valence-electron chi connectivity index (χ3n) is 4.85. The Morgan fingerprint density at radius 3 is 1.86 bits per heavy atom. The van der Waals surface area contributed by atoms with E-state index in [4.69, 9.17) is 15.3 Å². The van der Waals surface area contributed by atoms with Gasteiger partial charge in [-0.1, -0.05) is 51.1 Å². The summed E-state index contributed by atoms with van der Waals surface area (Å²) in [6, 6.07) is 18.2. The van der Waals surface area contributed by atoms with Gasteiger partial charge in [0.1, 0.15) is 0 Å². The summed E-state index contributed by atoms with van der Waals surface area (Å²) in [5.74, 6) is 0. The van der Waals surface area contributed by atoms with Crippen molar-refractivity contribution in [2.24, 2.45) is 0 Å². The van der Waals surface area contributed by atoms with Gasteiger partial charge in [0.25, 0.3) is 0 Å². The lowest BCUT2D eigenvalue weighted by molar-refractivity contribution is 0.281. The van der Waals surface area contributed by atoms with Crippen molar-refractivity contribution in [2.45, 2.75) is 32.6 Å². The summed E-state index contributed by atoms with van der Waals surface area (Å²) in [5.41, 5.74) is 3.61. The zero-order valence-corrected chi connectivity index (χ0v) is 17.4. The standard InChI is InChI=1S/C15H25NO2.C8H11NO/c1-4-15(2,3)13-5-7-14(8-6-13)16(9-11-17)10-12-18;10-7-6-9-8-4-2-1-3-5-8/h5-8,17-18H,4,9-12H2,1-3H3;1-5,9-10H,6-7H2. The molecule has 0 fully saturated rings. The van der Waals surface area contributed by atoms with E-state index in [9.17, 15) is 0 Å². The van der Waals surface area contributed by atoms with Gasteiger partial charge in [0.2, 0.25) is 0 Å². The van der Waals surface area contributed by atoms with Gasteiger partial charge in [-0.2, -0.15) is 0 Å². The molecular formula is C23H36N2O3. The molecule has 0 amide bonds. The maximum Gasteiger partial charge on any atom is 0.0606 e. The number of benzene rings is 2. The zero-order chi connectivity index (χ0) is 20.8. The molecule has 4 N–H and O–H groups in total. The van der Waals surface area contributed by atoms with Crippen molar-refractivity contribution >= 4 is 11.4 Å². The van der Waals surface area contributed by atoms with Crippen LogP contribution in [0.15, 0.2) is 54.6 Å². The third kappa shape index (κ3) is 8.30. The maximum atomic E-state index is 9.02. The van der Waals surface area contributed by atoms with Crippen LogP contribution in [-0.4, -0.2) is 54.8 Å². The van der Waals surface area contributed by atoms with Gasteiger partial charge in [-0.3, -0.25) is 0 Å². The molecule has 5 heteroatoms. The number of nitrogens with zero attached hydrogens (tertiary/aromatic N) is 1. The van der Waals surface area contributed by atoms with Gasteiger partial charge in [0.15, 0.2) is 0 Å². The lowest BCUT2D eigenvalue weighted by Gasteiger charge is -2.26. The molecule has 0 spiro atoms. The Hall–Kier alpha value is -2.08. The number of para-hydroxylation sites is 1. The number of aliphatic hydroxyl groups is 3. The molecule has 0 heterocycles. The molecule has 0 saturated heterocycles. The molecule has 0 saturated carbocycles. The van der Waals surface area contributed by atoms with Crippen molar-refractivity contribution in [3.05, 3.63) is 60.2 Å². The topological polar surface area (TPSA) is 76.0 Å². The highest BCUT2D eigenvalue weighted by Crippen LogP contribution is 2.28. The first kappa shape index (κ1) is 24.0. The summed E-state index contributed by atoms with van der Waals surface area (Å²) in [4.78, 5) is 1.99. The van der Waals surface area contributed by atoms with E-state index in [-0.39, 0.29) is 25.2 Å². The minimum absolute atomic E-state index is 0.0994. The molecule has 0 atom stereocenters. The minimum Gasteiger partial charge on any atom is -0.395 e. The smallest absolute Gasteiger partial charge is 0.0606 e. The Bertz CT molecular complexity index is 624. The Kier molecular flexibility index (Phi) is 11.3. The summed E-state index contributed by atoms with van der Waals surface area (Å²) >= 11 is 0. The van der Waals surface area contributed by atoms with Gasteiger partial charge in [-0.15, -0.1) is 0 Å².